The van der Waals surface area contributed by atoms with E-state index in [-0.39, 0.29) is 17.6 Å². The zero-order valence-corrected chi connectivity index (χ0v) is 13.3. The molecule has 5 nitrogen and oxygen atoms in total. The van der Waals surface area contributed by atoms with Gasteiger partial charge in [-0.05, 0) is 47.9 Å². The number of carbonyl (C=O) groups is 2. The van der Waals surface area contributed by atoms with Crippen LogP contribution in [0.5, 0.6) is 0 Å². The van der Waals surface area contributed by atoms with Crippen LogP contribution in [-0.2, 0) is 6.54 Å². The third-order valence-corrected chi connectivity index (χ3v) is 4.84. The van der Waals surface area contributed by atoms with Crippen molar-refractivity contribution < 1.29 is 14.7 Å². The molecule has 1 fully saturated rings. The van der Waals surface area contributed by atoms with Crippen molar-refractivity contribution in [2.24, 2.45) is 5.92 Å². The molecule has 0 bridgehead atoms. The summed E-state index contributed by atoms with van der Waals surface area (Å²) in [5.74, 6) is -0.417. The second-order valence-corrected chi connectivity index (χ2v) is 6.64. The van der Waals surface area contributed by atoms with E-state index in [1.165, 1.54) is 17.0 Å². The number of carboxylic acid groups (broad SMARTS) is 1. The van der Waals surface area contributed by atoms with Gasteiger partial charge in [-0.1, -0.05) is 18.2 Å². The van der Waals surface area contributed by atoms with Gasteiger partial charge in [0, 0.05) is 11.4 Å². The van der Waals surface area contributed by atoms with Crippen LogP contribution in [0.25, 0.3) is 0 Å². The molecule has 3 rings (SSSR count). The molecule has 1 saturated carbocycles. The molecule has 0 radical (unpaired) electrons. The third-order valence-electron chi connectivity index (χ3n) is 3.88. The van der Waals surface area contributed by atoms with Gasteiger partial charge in [-0.2, -0.15) is 0 Å². The maximum absolute atomic E-state index is 12.1. The van der Waals surface area contributed by atoms with Gasteiger partial charge >= 0.3 is 12.0 Å². The lowest BCUT2D eigenvalue weighted by Crippen LogP contribution is -2.38. The zero-order valence-electron chi connectivity index (χ0n) is 12.5. The number of amides is 2. The van der Waals surface area contributed by atoms with E-state index < -0.39 is 5.97 Å². The fourth-order valence-electron chi connectivity index (χ4n) is 2.46. The Kier molecular flexibility index (Phi) is 4.62. The molecule has 120 valence electrons. The number of carbonyl (C=O) groups excluding carboxylic acids is 1. The third kappa shape index (κ3) is 4.10. The summed E-state index contributed by atoms with van der Waals surface area (Å²) in [6.45, 7) is 0.369. The first-order chi connectivity index (χ1) is 11.1. The fourth-order valence-corrected chi connectivity index (χ4v) is 3.33. The van der Waals surface area contributed by atoms with Crippen LogP contribution in [0.4, 0.5) is 4.79 Å². The Morgan fingerprint density at radius 3 is 2.52 bits per heavy atom. The van der Waals surface area contributed by atoms with E-state index in [0.29, 0.717) is 12.5 Å². The van der Waals surface area contributed by atoms with Crippen LogP contribution in [0.1, 0.15) is 39.7 Å². The molecule has 2 amide bonds. The van der Waals surface area contributed by atoms with Crippen molar-refractivity contribution in [3.63, 3.8) is 0 Å². The number of carboxylic acids is 1. The van der Waals surface area contributed by atoms with E-state index in [1.54, 1.807) is 23.5 Å². The van der Waals surface area contributed by atoms with Gasteiger partial charge in [-0.25, -0.2) is 9.59 Å². The molecule has 1 aromatic carbocycles. The van der Waals surface area contributed by atoms with E-state index in [9.17, 15) is 9.59 Å². The second-order valence-electron chi connectivity index (χ2n) is 5.66. The van der Waals surface area contributed by atoms with Gasteiger partial charge in [-0.3, -0.25) is 0 Å². The highest BCUT2D eigenvalue weighted by Gasteiger charge is 2.33. The average Bonchev–Trinajstić information content (AvgIpc) is 3.25. The second kappa shape index (κ2) is 6.83. The SMILES string of the molecule is O=C(NCc1ccc(C(=O)O)cc1)NC(c1cccs1)C1CC1. The van der Waals surface area contributed by atoms with Crippen LogP contribution >= 0.6 is 11.3 Å². The Balaban J connectivity index is 1.53. The summed E-state index contributed by atoms with van der Waals surface area (Å²) < 4.78 is 0. The number of thiophene rings is 1. The van der Waals surface area contributed by atoms with E-state index >= 15 is 0 Å². The Morgan fingerprint density at radius 2 is 1.96 bits per heavy atom. The van der Waals surface area contributed by atoms with E-state index in [4.69, 9.17) is 5.11 Å². The first-order valence-electron chi connectivity index (χ1n) is 7.53. The molecule has 0 aliphatic heterocycles. The molecular weight excluding hydrogens is 312 g/mol. The lowest BCUT2D eigenvalue weighted by Gasteiger charge is -2.17. The van der Waals surface area contributed by atoms with Gasteiger partial charge < -0.3 is 15.7 Å². The zero-order chi connectivity index (χ0) is 16.2. The van der Waals surface area contributed by atoms with Crippen molar-refractivity contribution in [2.75, 3.05) is 0 Å². The highest BCUT2D eigenvalue weighted by Crippen LogP contribution is 2.42. The lowest BCUT2D eigenvalue weighted by molar-refractivity contribution is 0.0697. The molecule has 0 saturated heterocycles. The Hall–Kier alpha value is -2.34. The van der Waals surface area contributed by atoms with Crippen LogP contribution < -0.4 is 10.6 Å². The number of urea groups is 1. The summed E-state index contributed by atoms with van der Waals surface area (Å²) in [7, 11) is 0. The summed E-state index contributed by atoms with van der Waals surface area (Å²) >= 11 is 1.66. The molecular formula is C17H18N2O3S. The van der Waals surface area contributed by atoms with Crippen LogP contribution in [0.15, 0.2) is 41.8 Å². The topological polar surface area (TPSA) is 78.4 Å². The Bertz CT molecular complexity index is 678. The Morgan fingerprint density at radius 1 is 1.22 bits per heavy atom. The minimum Gasteiger partial charge on any atom is -0.478 e. The fraction of sp³-hybridized carbons (Fsp3) is 0.294. The van der Waals surface area contributed by atoms with Gasteiger partial charge in [-0.15, -0.1) is 11.3 Å². The van der Waals surface area contributed by atoms with Gasteiger partial charge in [0.25, 0.3) is 0 Å². The van der Waals surface area contributed by atoms with Gasteiger partial charge in [0.1, 0.15) is 0 Å². The monoisotopic (exact) mass is 330 g/mol. The van der Waals surface area contributed by atoms with Crippen molar-refractivity contribution in [2.45, 2.75) is 25.4 Å². The number of nitrogens with one attached hydrogen (secondary N) is 2. The molecule has 6 heteroatoms. The first kappa shape index (κ1) is 15.6. The summed E-state index contributed by atoms with van der Waals surface area (Å²) in [6.07, 6.45) is 2.30. The standard InChI is InChI=1S/C17H18N2O3S/c20-16(21)13-5-3-11(4-6-13)10-18-17(22)19-15(12-7-8-12)14-2-1-9-23-14/h1-6,9,12,15H,7-8,10H2,(H,20,21)(H2,18,19,22). The number of benzene rings is 1. The molecule has 1 atom stereocenters. The average molecular weight is 330 g/mol. The highest BCUT2D eigenvalue weighted by atomic mass is 32.1. The number of hydrogen-bond donors (Lipinski definition) is 3. The van der Waals surface area contributed by atoms with Crippen LogP contribution in [0, 0.1) is 5.92 Å². The Labute approximate surface area is 138 Å². The van der Waals surface area contributed by atoms with Crippen LogP contribution in [0.3, 0.4) is 0 Å². The summed E-state index contributed by atoms with van der Waals surface area (Å²) in [5, 5.41) is 16.8. The van der Waals surface area contributed by atoms with Gasteiger partial charge in [0.05, 0.1) is 11.6 Å². The first-order valence-corrected chi connectivity index (χ1v) is 8.41. The predicted octanol–water partition coefficient (Wildman–Crippen LogP) is 3.40. The maximum Gasteiger partial charge on any atom is 0.335 e. The van der Waals surface area contributed by atoms with Crippen molar-refractivity contribution in [3.8, 4) is 0 Å². The molecule has 23 heavy (non-hydrogen) atoms. The summed E-state index contributed by atoms with van der Waals surface area (Å²) in [5.41, 5.74) is 1.11. The van der Waals surface area contributed by atoms with Crippen molar-refractivity contribution in [1.82, 2.24) is 10.6 Å². The number of rotatable bonds is 6. The van der Waals surface area contributed by atoms with Crippen LogP contribution in [0.2, 0.25) is 0 Å². The molecule has 1 aromatic heterocycles. The minimum atomic E-state index is -0.953. The van der Waals surface area contributed by atoms with Gasteiger partial charge in [0.2, 0.25) is 0 Å². The highest BCUT2D eigenvalue weighted by molar-refractivity contribution is 7.10. The van der Waals surface area contributed by atoms with E-state index in [1.807, 2.05) is 11.4 Å². The predicted molar refractivity (Wildman–Crippen MR) is 88.6 cm³/mol. The molecule has 2 aromatic rings. The molecule has 1 heterocycles. The molecule has 1 aliphatic rings. The largest absolute Gasteiger partial charge is 0.478 e. The molecule has 1 unspecified atom stereocenters. The summed E-state index contributed by atoms with van der Waals surface area (Å²) in [4.78, 5) is 24.1. The molecule has 3 N–H and O–H groups in total. The van der Waals surface area contributed by atoms with Crippen molar-refractivity contribution >= 4 is 23.3 Å². The van der Waals surface area contributed by atoms with Gasteiger partial charge in [0.15, 0.2) is 0 Å². The quantitative estimate of drug-likeness (QED) is 0.759. The summed E-state index contributed by atoms with van der Waals surface area (Å²) in [6, 6.07) is 10.4. The maximum atomic E-state index is 12.1. The minimum absolute atomic E-state index is 0.0874. The number of hydrogen-bond acceptors (Lipinski definition) is 3. The van der Waals surface area contributed by atoms with E-state index in [2.05, 4.69) is 16.7 Å². The smallest absolute Gasteiger partial charge is 0.335 e. The lowest BCUT2D eigenvalue weighted by atomic mass is 10.1. The molecule has 0 spiro atoms. The van der Waals surface area contributed by atoms with Crippen molar-refractivity contribution in [1.29, 1.82) is 0 Å². The van der Waals surface area contributed by atoms with E-state index in [0.717, 1.165) is 18.4 Å². The molecule has 1 aliphatic carbocycles. The van der Waals surface area contributed by atoms with Crippen molar-refractivity contribution in [3.05, 3.63) is 57.8 Å². The normalized spacial score (nSPS) is 15.0. The van der Waals surface area contributed by atoms with Crippen LogP contribution in [-0.4, -0.2) is 17.1 Å². The number of aromatic carboxylic acids is 1.